The number of benzene rings is 2. The molecule has 0 N–H and O–H groups in total. The molecule has 2 rings (SSSR count). The molecule has 1 heteroatoms. The SMILES string of the molecule is CCCCC(OC(CCCC)c1ccc(C)cc1)c1ccc(C)cc1. The van der Waals surface area contributed by atoms with E-state index in [-0.39, 0.29) is 12.2 Å². The van der Waals surface area contributed by atoms with Gasteiger partial charge in [0.2, 0.25) is 0 Å². The molecule has 0 saturated heterocycles. The highest BCUT2D eigenvalue weighted by atomic mass is 16.5. The Bertz CT molecular complexity index is 541. The number of hydrogen-bond acceptors (Lipinski definition) is 1. The first-order valence-corrected chi connectivity index (χ1v) is 9.92. The van der Waals surface area contributed by atoms with E-state index >= 15 is 0 Å². The van der Waals surface area contributed by atoms with Crippen molar-refractivity contribution in [3.8, 4) is 0 Å². The predicted octanol–water partition coefficient (Wildman–Crippen LogP) is 7.48. The van der Waals surface area contributed by atoms with Crippen LogP contribution in [0.5, 0.6) is 0 Å². The molecular weight excluding hydrogens is 304 g/mol. The van der Waals surface area contributed by atoms with Gasteiger partial charge < -0.3 is 4.74 Å². The maximum absolute atomic E-state index is 6.71. The van der Waals surface area contributed by atoms with Gasteiger partial charge in [-0.2, -0.15) is 0 Å². The van der Waals surface area contributed by atoms with Crippen LogP contribution in [0.2, 0.25) is 0 Å². The summed E-state index contributed by atoms with van der Waals surface area (Å²) in [4.78, 5) is 0. The third-order valence-electron chi connectivity index (χ3n) is 4.87. The first kappa shape index (κ1) is 19.7. The first-order valence-electron chi connectivity index (χ1n) is 9.92. The van der Waals surface area contributed by atoms with Gasteiger partial charge >= 0.3 is 0 Å². The average molecular weight is 339 g/mol. The molecule has 2 atom stereocenters. The van der Waals surface area contributed by atoms with Gasteiger partial charge in [-0.15, -0.1) is 0 Å². The van der Waals surface area contributed by atoms with E-state index < -0.39 is 0 Å². The molecule has 0 aromatic heterocycles. The Morgan fingerprint density at radius 2 is 1.00 bits per heavy atom. The van der Waals surface area contributed by atoms with Gasteiger partial charge in [0.1, 0.15) is 0 Å². The van der Waals surface area contributed by atoms with Crippen LogP contribution in [0.4, 0.5) is 0 Å². The lowest BCUT2D eigenvalue weighted by molar-refractivity contribution is -0.0260. The summed E-state index contributed by atoms with van der Waals surface area (Å²) < 4.78 is 6.71. The van der Waals surface area contributed by atoms with Crippen molar-refractivity contribution in [3.05, 3.63) is 70.8 Å². The predicted molar refractivity (Wildman–Crippen MR) is 108 cm³/mol. The molecule has 136 valence electrons. The molecule has 1 nitrogen and oxygen atoms in total. The zero-order valence-corrected chi connectivity index (χ0v) is 16.4. The van der Waals surface area contributed by atoms with Crippen LogP contribution in [-0.4, -0.2) is 0 Å². The van der Waals surface area contributed by atoms with Crippen LogP contribution >= 0.6 is 0 Å². The third-order valence-corrected chi connectivity index (χ3v) is 4.87. The summed E-state index contributed by atoms with van der Waals surface area (Å²) in [6.07, 6.45) is 7.36. The van der Waals surface area contributed by atoms with E-state index in [2.05, 4.69) is 76.2 Å². The fraction of sp³-hybridized carbons (Fsp3) is 0.500. The smallest absolute Gasteiger partial charge is 0.0833 e. The van der Waals surface area contributed by atoms with Gasteiger partial charge in [0.15, 0.2) is 0 Å². The Hall–Kier alpha value is -1.60. The second-order valence-electron chi connectivity index (χ2n) is 7.22. The highest BCUT2D eigenvalue weighted by molar-refractivity contribution is 5.25. The standard InChI is InChI=1S/C24H34O/c1-5-7-9-23(21-15-11-19(3)12-16-21)25-24(10-8-6-2)22-17-13-20(4)14-18-22/h11-18,23-24H,5-10H2,1-4H3. The first-order chi connectivity index (χ1) is 12.1. The fourth-order valence-corrected chi connectivity index (χ4v) is 3.17. The minimum absolute atomic E-state index is 0.184. The number of hydrogen-bond donors (Lipinski definition) is 0. The lowest BCUT2D eigenvalue weighted by Gasteiger charge is -2.26. The summed E-state index contributed by atoms with van der Waals surface area (Å²) in [5.41, 5.74) is 5.23. The van der Waals surface area contributed by atoms with Crippen LogP contribution in [0.15, 0.2) is 48.5 Å². The van der Waals surface area contributed by atoms with Gasteiger partial charge in [-0.3, -0.25) is 0 Å². The molecule has 0 radical (unpaired) electrons. The second kappa shape index (κ2) is 10.4. The zero-order chi connectivity index (χ0) is 18.1. The number of rotatable bonds is 10. The molecule has 0 amide bonds. The zero-order valence-electron chi connectivity index (χ0n) is 16.4. The topological polar surface area (TPSA) is 9.23 Å². The molecule has 2 aromatic rings. The molecule has 0 aliphatic heterocycles. The van der Waals surface area contributed by atoms with Crippen LogP contribution in [0.25, 0.3) is 0 Å². The number of unbranched alkanes of at least 4 members (excludes halogenated alkanes) is 2. The van der Waals surface area contributed by atoms with Crippen molar-refractivity contribution in [2.75, 3.05) is 0 Å². The van der Waals surface area contributed by atoms with Gasteiger partial charge in [-0.25, -0.2) is 0 Å². The Balaban J connectivity index is 2.20. The average Bonchev–Trinajstić information content (AvgIpc) is 2.63. The van der Waals surface area contributed by atoms with Crippen molar-refractivity contribution < 1.29 is 4.74 Å². The minimum Gasteiger partial charge on any atom is -0.366 e. The van der Waals surface area contributed by atoms with E-state index in [1.807, 2.05) is 0 Å². The highest BCUT2D eigenvalue weighted by Gasteiger charge is 2.19. The molecule has 2 unspecified atom stereocenters. The Morgan fingerprint density at radius 1 is 0.640 bits per heavy atom. The van der Waals surface area contributed by atoms with Gasteiger partial charge in [-0.05, 0) is 37.8 Å². The van der Waals surface area contributed by atoms with Crippen molar-refractivity contribution in [2.24, 2.45) is 0 Å². The Labute approximate surface area is 154 Å². The molecule has 0 heterocycles. The second-order valence-corrected chi connectivity index (χ2v) is 7.22. The summed E-state index contributed by atoms with van der Waals surface area (Å²) in [5.74, 6) is 0. The summed E-state index contributed by atoms with van der Waals surface area (Å²) in [7, 11) is 0. The van der Waals surface area contributed by atoms with Crippen molar-refractivity contribution in [2.45, 2.75) is 78.4 Å². The maximum atomic E-state index is 6.71. The lowest BCUT2D eigenvalue weighted by atomic mass is 9.99. The molecule has 2 aromatic carbocycles. The summed E-state index contributed by atoms with van der Waals surface area (Å²) in [6.45, 7) is 8.78. The Kier molecular flexibility index (Phi) is 8.21. The summed E-state index contributed by atoms with van der Waals surface area (Å²) >= 11 is 0. The minimum atomic E-state index is 0.184. The van der Waals surface area contributed by atoms with E-state index in [1.54, 1.807) is 0 Å². The van der Waals surface area contributed by atoms with Gasteiger partial charge in [0.25, 0.3) is 0 Å². The molecule has 0 fully saturated rings. The molecule has 0 aliphatic rings. The molecule has 0 aliphatic carbocycles. The van der Waals surface area contributed by atoms with Crippen molar-refractivity contribution in [1.82, 2.24) is 0 Å². The third kappa shape index (κ3) is 6.32. The van der Waals surface area contributed by atoms with Gasteiger partial charge in [-0.1, -0.05) is 99.2 Å². The fourth-order valence-electron chi connectivity index (χ4n) is 3.17. The van der Waals surface area contributed by atoms with Crippen LogP contribution in [0.1, 0.15) is 86.8 Å². The lowest BCUT2D eigenvalue weighted by Crippen LogP contribution is -2.11. The molecule has 25 heavy (non-hydrogen) atoms. The summed E-state index contributed by atoms with van der Waals surface area (Å²) in [5, 5.41) is 0. The van der Waals surface area contributed by atoms with E-state index in [0.29, 0.717) is 0 Å². The maximum Gasteiger partial charge on any atom is 0.0833 e. The number of aryl methyl sites for hydroxylation is 2. The van der Waals surface area contributed by atoms with E-state index in [9.17, 15) is 0 Å². The number of ether oxygens (including phenoxy) is 1. The largest absolute Gasteiger partial charge is 0.366 e. The quantitative estimate of drug-likeness (QED) is 0.436. The van der Waals surface area contributed by atoms with Gasteiger partial charge in [0, 0.05) is 0 Å². The van der Waals surface area contributed by atoms with Crippen LogP contribution in [-0.2, 0) is 4.74 Å². The van der Waals surface area contributed by atoms with E-state index in [1.165, 1.54) is 47.9 Å². The van der Waals surface area contributed by atoms with Crippen LogP contribution in [0, 0.1) is 13.8 Å². The molecule has 0 bridgehead atoms. The summed E-state index contributed by atoms with van der Waals surface area (Å²) in [6, 6.07) is 17.7. The van der Waals surface area contributed by atoms with Crippen LogP contribution < -0.4 is 0 Å². The highest BCUT2D eigenvalue weighted by Crippen LogP contribution is 2.33. The Morgan fingerprint density at radius 3 is 1.32 bits per heavy atom. The van der Waals surface area contributed by atoms with Crippen LogP contribution in [0.3, 0.4) is 0 Å². The molecule has 0 saturated carbocycles. The van der Waals surface area contributed by atoms with Crippen molar-refractivity contribution in [3.63, 3.8) is 0 Å². The normalized spacial score (nSPS) is 13.6. The van der Waals surface area contributed by atoms with E-state index in [4.69, 9.17) is 4.74 Å². The van der Waals surface area contributed by atoms with Gasteiger partial charge in [0.05, 0.1) is 12.2 Å². The van der Waals surface area contributed by atoms with Crippen molar-refractivity contribution in [1.29, 1.82) is 0 Å². The van der Waals surface area contributed by atoms with E-state index in [0.717, 1.165) is 12.8 Å². The monoisotopic (exact) mass is 338 g/mol. The molecule has 0 spiro atoms. The van der Waals surface area contributed by atoms with Crippen molar-refractivity contribution >= 4 is 0 Å². The molecular formula is C24H34O.